The van der Waals surface area contributed by atoms with E-state index in [1.54, 1.807) is 19.1 Å². The summed E-state index contributed by atoms with van der Waals surface area (Å²) < 4.78 is 18.3. The largest absolute Gasteiger partial charge is 0.477 e. The Bertz CT molecular complexity index is 1050. The number of methoxy groups -OCH3 is 1. The molecule has 0 atom stereocenters. The number of hydrogen-bond acceptors (Lipinski definition) is 8. The smallest absolute Gasteiger partial charge is 0.355 e. The molecule has 0 saturated carbocycles. The molecule has 148 valence electrons. The van der Waals surface area contributed by atoms with E-state index >= 15 is 0 Å². The molecule has 1 aromatic carbocycles. The molecule has 28 heavy (non-hydrogen) atoms. The fourth-order valence-corrected chi connectivity index (χ4v) is 2.33. The van der Waals surface area contributed by atoms with Crippen molar-refractivity contribution >= 4 is 29.4 Å². The Kier molecular flexibility index (Phi) is 6.11. The first-order valence-electron chi connectivity index (χ1n) is 7.90. The number of fused-ring (bicyclic) bond motifs is 1. The third-order valence-corrected chi connectivity index (χ3v) is 3.72. The Morgan fingerprint density at radius 2 is 1.93 bits per heavy atom. The zero-order valence-electron chi connectivity index (χ0n) is 15.1. The maximum atomic E-state index is 12.6. The van der Waals surface area contributed by atoms with Crippen LogP contribution in [0.4, 0.5) is 16.2 Å². The van der Waals surface area contributed by atoms with Crippen molar-refractivity contribution < 1.29 is 23.8 Å². The summed E-state index contributed by atoms with van der Waals surface area (Å²) in [5, 5.41) is 8.90. The Morgan fingerprint density at radius 1 is 1.25 bits per heavy atom. The second kappa shape index (κ2) is 8.31. The number of carbonyl (C=O) groups is 2. The lowest BCUT2D eigenvalue weighted by Crippen LogP contribution is -2.14. The van der Waals surface area contributed by atoms with Crippen molar-refractivity contribution in [2.45, 2.75) is 13.5 Å². The van der Waals surface area contributed by atoms with Crippen LogP contribution in [0.2, 0.25) is 0 Å². The van der Waals surface area contributed by atoms with Crippen LogP contribution in [0.25, 0.3) is 5.65 Å². The number of nitrogens with two attached hydrogens (primary N) is 3. The van der Waals surface area contributed by atoms with Crippen LogP contribution in [0.3, 0.4) is 0 Å². The molecule has 10 nitrogen and oxygen atoms in total. The van der Waals surface area contributed by atoms with Crippen molar-refractivity contribution in [3.8, 4) is 0 Å². The van der Waals surface area contributed by atoms with E-state index in [9.17, 15) is 14.0 Å². The minimum atomic E-state index is -1.30. The number of carboxylic acid groups (broad SMARTS) is 1. The number of carbonyl (C=O) groups excluding carboxylic acids is 1. The zero-order chi connectivity index (χ0) is 21.0. The first-order chi connectivity index (χ1) is 13.2. The van der Waals surface area contributed by atoms with E-state index in [0.29, 0.717) is 12.1 Å². The number of nitrogen functional groups attached to an aromatic ring is 2. The van der Waals surface area contributed by atoms with Crippen LogP contribution >= 0.6 is 0 Å². The van der Waals surface area contributed by atoms with Gasteiger partial charge in [0.25, 0.3) is 0 Å². The standard InChI is InChI=1S/C9H9N5O4.C8H10FN/c1-18-8(17)4-2-3(7(15)16)12-6-5(10)13-9(11)14(4)6;1-6-4-7(5-10)2-3-8(6)9/h2H,10H2,1H3,(H2,11,13)(H,15,16);2-4H,5,10H2,1H3. The van der Waals surface area contributed by atoms with E-state index in [1.807, 2.05) is 0 Å². The van der Waals surface area contributed by atoms with E-state index in [1.165, 1.54) is 6.07 Å². The number of benzene rings is 1. The van der Waals surface area contributed by atoms with Gasteiger partial charge in [0.15, 0.2) is 17.2 Å². The number of carboxylic acids is 1. The lowest BCUT2D eigenvalue weighted by Gasteiger charge is -2.05. The molecule has 11 heteroatoms. The lowest BCUT2D eigenvalue weighted by atomic mass is 10.1. The van der Waals surface area contributed by atoms with Crippen LogP contribution in [0.1, 0.15) is 32.1 Å². The molecule has 3 rings (SSSR count). The predicted molar refractivity (Wildman–Crippen MR) is 99.1 cm³/mol. The predicted octanol–water partition coefficient (Wildman–Crippen LogP) is 0.971. The maximum absolute atomic E-state index is 12.6. The minimum Gasteiger partial charge on any atom is -0.477 e. The molecule has 0 aliphatic carbocycles. The average Bonchev–Trinajstić information content (AvgIpc) is 2.97. The van der Waals surface area contributed by atoms with Gasteiger partial charge in [-0.15, -0.1) is 0 Å². The van der Waals surface area contributed by atoms with Gasteiger partial charge in [-0.2, -0.15) is 4.98 Å². The number of imidazole rings is 1. The summed E-state index contributed by atoms with van der Waals surface area (Å²) >= 11 is 0. The van der Waals surface area contributed by atoms with E-state index in [4.69, 9.17) is 22.3 Å². The summed E-state index contributed by atoms with van der Waals surface area (Å²) in [7, 11) is 1.16. The van der Waals surface area contributed by atoms with Gasteiger partial charge in [-0.3, -0.25) is 4.40 Å². The summed E-state index contributed by atoms with van der Waals surface area (Å²) in [6, 6.07) is 5.94. The highest BCUT2D eigenvalue weighted by molar-refractivity contribution is 5.94. The first kappa shape index (κ1) is 20.6. The highest BCUT2D eigenvalue weighted by Gasteiger charge is 2.20. The lowest BCUT2D eigenvalue weighted by molar-refractivity contribution is 0.0592. The molecular weight excluding hydrogens is 371 g/mol. The molecule has 0 bridgehead atoms. The zero-order valence-corrected chi connectivity index (χ0v) is 15.1. The van der Waals surface area contributed by atoms with Crippen molar-refractivity contribution in [2.75, 3.05) is 18.6 Å². The Labute approximate surface area is 158 Å². The van der Waals surface area contributed by atoms with Crippen LogP contribution in [0.15, 0.2) is 24.3 Å². The number of ether oxygens (including phenoxy) is 1. The van der Waals surface area contributed by atoms with Crippen LogP contribution in [-0.2, 0) is 11.3 Å². The summed E-state index contributed by atoms with van der Waals surface area (Å²) in [5.41, 5.74) is 17.6. The van der Waals surface area contributed by atoms with Gasteiger partial charge in [-0.25, -0.2) is 19.0 Å². The van der Waals surface area contributed by atoms with Gasteiger partial charge < -0.3 is 27.0 Å². The number of aromatic carboxylic acids is 1. The number of hydrogen-bond donors (Lipinski definition) is 4. The van der Waals surface area contributed by atoms with E-state index in [2.05, 4.69) is 14.7 Å². The minimum absolute atomic E-state index is 0.00667. The third kappa shape index (κ3) is 4.15. The molecule has 2 heterocycles. The van der Waals surface area contributed by atoms with Gasteiger partial charge in [0.05, 0.1) is 7.11 Å². The van der Waals surface area contributed by atoms with Crippen molar-refractivity contribution in [1.82, 2.24) is 14.4 Å². The van der Waals surface area contributed by atoms with Gasteiger partial charge in [-0.05, 0) is 24.1 Å². The molecule has 0 aliphatic rings. The SMILES string of the molecule is COC(=O)c1cc(C(=O)O)nc2c(N)nc(N)n12.Cc1cc(CN)ccc1F. The molecule has 0 saturated heterocycles. The van der Waals surface area contributed by atoms with Crippen molar-refractivity contribution in [1.29, 1.82) is 0 Å². The van der Waals surface area contributed by atoms with Crippen molar-refractivity contribution in [3.63, 3.8) is 0 Å². The highest BCUT2D eigenvalue weighted by atomic mass is 19.1. The Morgan fingerprint density at radius 3 is 2.46 bits per heavy atom. The third-order valence-electron chi connectivity index (χ3n) is 3.72. The molecule has 3 aromatic rings. The number of esters is 1. The van der Waals surface area contributed by atoms with Crippen LogP contribution in [-0.4, -0.2) is 38.5 Å². The first-order valence-corrected chi connectivity index (χ1v) is 7.90. The molecular formula is C17H19FN6O4. The number of halogens is 1. The molecule has 0 spiro atoms. The van der Waals surface area contributed by atoms with Crippen LogP contribution in [0, 0.1) is 12.7 Å². The van der Waals surface area contributed by atoms with Gasteiger partial charge in [-0.1, -0.05) is 12.1 Å². The number of nitrogens with zero attached hydrogens (tertiary/aromatic N) is 3. The average molecular weight is 390 g/mol. The fraction of sp³-hybridized carbons (Fsp3) is 0.176. The quantitative estimate of drug-likeness (QED) is 0.475. The summed E-state index contributed by atoms with van der Waals surface area (Å²) in [6.45, 7) is 2.20. The van der Waals surface area contributed by atoms with E-state index in [-0.39, 0.29) is 34.6 Å². The van der Waals surface area contributed by atoms with Crippen LogP contribution in [0.5, 0.6) is 0 Å². The molecule has 0 aliphatic heterocycles. The second-order valence-electron chi connectivity index (χ2n) is 5.63. The topological polar surface area (TPSA) is 172 Å². The molecule has 0 amide bonds. The van der Waals surface area contributed by atoms with Crippen molar-refractivity contribution in [3.05, 3.63) is 52.6 Å². The van der Waals surface area contributed by atoms with E-state index in [0.717, 1.165) is 23.1 Å². The highest BCUT2D eigenvalue weighted by Crippen LogP contribution is 2.19. The summed E-state index contributed by atoms with van der Waals surface area (Å²) in [6.07, 6.45) is 0. The van der Waals surface area contributed by atoms with Gasteiger partial charge in [0.2, 0.25) is 5.95 Å². The Hall–Kier alpha value is -3.73. The maximum Gasteiger partial charge on any atom is 0.355 e. The normalized spacial score (nSPS) is 10.3. The number of anilines is 2. The molecule has 0 fully saturated rings. The van der Waals surface area contributed by atoms with Gasteiger partial charge in [0, 0.05) is 12.6 Å². The number of rotatable bonds is 3. The molecule has 7 N–H and O–H groups in total. The Balaban J connectivity index is 0.000000237. The number of aryl methyl sites for hydroxylation is 1. The summed E-state index contributed by atoms with van der Waals surface area (Å²) in [4.78, 5) is 30.0. The molecule has 0 unspecified atom stereocenters. The van der Waals surface area contributed by atoms with Crippen LogP contribution < -0.4 is 17.2 Å². The monoisotopic (exact) mass is 390 g/mol. The fourth-order valence-electron chi connectivity index (χ4n) is 2.33. The molecule has 0 radical (unpaired) electrons. The van der Waals surface area contributed by atoms with Gasteiger partial charge >= 0.3 is 11.9 Å². The molecule has 2 aromatic heterocycles. The van der Waals surface area contributed by atoms with Crippen molar-refractivity contribution in [2.24, 2.45) is 5.73 Å². The second-order valence-corrected chi connectivity index (χ2v) is 5.63. The number of aromatic nitrogens is 3. The summed E-state index contributed by atoms with van der Waals surface area (Å²) in [5.74, 6) is -2.39. The van der Waals surface area contributed by atoms with Gasteiger partial charge in [0.1, 0.15) is 11.5 Å². The van der Waals surface area contributed by atoms with E-state index < -0.39 is 11.9 Å².